The molecule has 0 aliphatic carbocycles. The van der Waals surface area contributed by atoms with E-state index in [4.69, 9.17) is 11.6 Å². The minimum absolute atomic E-state index is 0.198. The zero-order valence-corrected chi connectivity index (χ0v) is 20.8. The summed E-state index contributed by atoms with van der Waals surface area (Å²) in [7, 11) is -3.79. The lowest BCUT2D eigenvalue weighted by Crippen LogP contribution is -2.38. The fourth-order valence-corrected chi connectivity index (χ4v) is 5.62. The Balaban J connectivity index is 1.64. The molecule has 4 rings (SSSR count). The van der Waals surface area contributed by atoms with E-state index in [0.29, 0.717) is 17.0 Å². The summed E-state index contributed by atoms with van der Waals surface area (Å²) in [6, 6.07) is 33.2. The van der Waals surface area contributed by atoms with Gasteiger partial charge in [-0.2, -0.15) is 5.26 Å². The first-order chi connectivity index (χ1) is 16.9. The SMILES string of the molecule is C[C@H](NS(=O)(=O)c1cccc(-c2ccccc2)c1)[C@@H](Cc1ccc(Cl)cc1)c1cccc(C#N)c1. The molecule has 6 heteroatoms. The molecule has 0 saturated heterocycles. The third-order valence-electron chi connectivity index (χ3n) is 6.01. The van der Waals surface area contributed by atoms with Gasteiger partial charge in [0, 0.05) is 17.0 Å². The van der Waals surface area contributed by atoms with Crippen molar-refractivity contribution in [3.8, 4) is 17.2 Å². The number of hydrogen-bond donors (Lipinski definition) is 1. The highest BCUT2D eigenvalue weighted by molar-refractivity contribution is 7.89. The van der Waals surface area contributed by atoms with Crippen molar-refractivity contribution >= 4 is 21.6 Å². The van der Waals surface area contributed by atoms with Crippen LogP contribution >= 0.6 is 11.6 Å². The van der Waals surface area contributed by atoms with Crippen LogP contribution in [0.4, 0.5) is 0 Å². The highest BCUT2D eigenvalue weighted by Gasteiger charge is 2.26. The average molecular weight is 501 g/mol. The maximum Gasteiger partial charge on any atom is 0.240 e. The normalized spacial score (nSPS) is 13.1. The number of nitrogens with zero attached hydrogens (tertiary/aromatic N) is 1. The number of rotatable bonds is 8. The molecule has 0 bridgehead atoms. The van der Waals surface area contributed by atoms with E-state index in [-0.39, 0.29) is 10.8 Å². The van der Waals surface area contributed by atoms with Gasteiger partial charge in [-0.15, -0.1) is 0 Å². The van der Waals surface area contributed by atoms with Gasteiger partial charge in [-0.3, -0.25) is 0 Å². The van der Waals surface area contributed by atoms with E-state index < -0.39 is 16.1 Å². The fraction of sp³-hybridized carbons (Fsp3) is 0.138. The largest absolute Gasteiger partial charge is 0.240 e. The van der Waals surface area contributed by atoms with Crippen molar-refractivity contribution in [1.29, 1.82) is 5.26 Å². The van der Waals surface area contributed by atoms with Gasteiger partial charge >= 0.3 is 0 Å². The second-order valence-corrected chi connectivity index (χ2v) is 10.6. The molecule has 0 radical (unpaired) electrons. The number of hydrogen-bond acceptors (Lipinski definition) is 3. The van der Waals surface area contributed by atoms with Crippen molar-refractivity contribution in [3.63, 3.8) is 0 Å². The minimum atomic E-state index is -3.79. The molecule has 0 fully saturated rings. The highest BCUT2D eigenvalue weighted by Crippen LogP contribution is 2.28. The van der Waals surface area contributed by atoms with Crippen LogP contribution in [0.15, 0.2) is 108 Å². The van der Waals surface area contributed by atoms with Crippen LogP contribution in [-0.2, 0) is 16.4 Å². The van der Waals surface area contributed by atoms with Crippen LogP contribution in [0.3, 0.4) is 0 Å². The predicted molar refractivity (Wildman–Crippen MR) is 141 cm³/mol. The third kappa shape index (κ3) is 6.17. The summed E-state index contributed by atoms with van der Waals surface area (Å²) in [6.45, 7) is 1.86. The van der Waals surface area contributed by atoms with Crippen LogP contribution < -0.4 is 4.72 Å². The molecule has 0 heterocycles. The molecule has 0 aliphatic rings. The van der Waals surface area contributed by atoms with Gasteiger partial charge < -0.3 is 0 Å². The van der Waals surface area contributed by atoms with Gasteiger partial charge in [0.15, 0.2) is 0 Å². The summed E-state index contributed by atoms with van der Waals surface area (Å²) in [5.41, 5.74) is 4.24. The molecular formula is C29H25ClN2O2S. The molecule has 0 aromatic heterocycles. The average Bonchev–Trinajstić information content (AvgIpc) is 2.88. The zero-order valence-electron chi connectivity index (χ0n) is 19.2. The molecule has 0 amide bonds. The molecule has 176 valence electrons. The Morgan fingerprint density at radius 1 is 0.857 bits per heavy atom. The van der Waals surface area contributed by atoms with E-state index in [1.807, 2.05) is 85.8 Å². The van der Waals surface area contributed by atoms with Crippen molar-refractivity contribution in [3.05, 3.63) is 125 Å². The van der Waals surface area contributed by atoms with Gasteiger partial charge in [0.25, 0.3) is 0 Å². The van der Waals surface area contributed by atoms with Gasteiger partial charge in [0.1, 0.15) is 0 Å². The Labute approximate surface area is 211 Å². The summed E-state index contributed by atoms with van der Waals surface area (Å²) >= 11 is 6.05. The monoisotopic (exact) mass is 500 g/mol. The fourth-order valence-electron chi connectivity index (χ4n) is 4.16. The molecule has 0 spiro atoms. The number of nitriles is 1. The number of sulfonamides is 1. The van der Waals surface area contributed by atoms with Crippen molar-refractivity contribution in [2.24, 2.45) is 0 Å². The van der Waals surface area contributed by atoms with Gasteiger partial charge in [-0.05, 0) is 72.0 Å². The molecule has 4 aromatic carbocycles. The molecule has 4 nitrogen and oxygen atoms in total. The van der Waals surface area contributed by atoms with Crippen molar-refractivity contribution in [2.45, 2.75) is 30.2 Å². The molecule has 0 saturated carbocycles. The Hall–Kier alpha value is -3.43. The van der Waals surface area contributed by atoms with Gasteiger partial charge in [-0.25, -0.2) is 13.1 Å². The summed E-state index contributed by atoms with van der Waals surface area (Å²) < 4.78 is 29.7. The van der Waals surface area contributed by atoms with E-state index >= 15 is 0 Å². The van der Waals surface area contributed by atoms with Crippen LogP contribution in [0.1, 0.15) is 29.5 Å². The van der Waals surface area contributed by atoms with E-state index in [0.717, 1.165) is 22.3 Å². The van der Waals surface area contributed by atoms with Crippen molar-refractivity contribution in [2.75, 3.05) is 0 Å². The van der Waals surface area contributed by atoms with Gasteiger partial charge in [0.05, 0.1) is 16.5 Å². The summed E-state index contributed by atoms with van der Waals surface area (Å²) in [6.07, 6.45) is 0.583. The molecule has 4 aromatic rings. The van der Waals surface area contributed by atoms with Crippen LogP contribution in [-0.4, -0.2) is 14.5 Å². The standard InChI is InChI=1S/C29H25ClN2O2S/c1-21(32-35(33,34)28-12-6-10-25(19-28)24-8-3-2-4-9-24)29(18-22-13-15-27(30)16-14-22)26-11-5-7-23(17-26)20-31/h2-17,19,21,29,32H,18H2,1H3/t21-,29+/m0/s1. The number of nitrogens with one attached hydrogen (secondary N) is 1. The molecule has 0 unspecified atom stereocenters. The maximum absolute atomic E-state index is 13.4. The molecule has 1 N–H and O–H groups in total. The first kappa shape index (κ1) is 24.7. The first-order valence-corrected chi connectivity index (χ1v) is 13.1. The van der Waals surface area contributed by atoms with Crippen LogP contribution in [0.2, 0.25) is 5.02 Å². The molecule has 2 atom stereocenters. The zero-order chi connectivity index (χ0) is 24.8. The Morgan fingerprint density at radius 3 is 2.26 bits per heavy atom. The summed E-state index contributed by atoms with van der Waals surface area (Å²) in [5.74, 6) is -0.198. The summed E-state index contributed by atoms with van der Waals surface area (Å²) in [5, 5.41) is 10.0. The highest BCUT2D eigenvalue weighted by atomic mass is 35.5. The molecule has 35 heavy (non-hydrogen) atoms. The maximum atomic E-state index is 13.4. The second-order valence-electron chi connectivity index (χ2n) is 8.48. The van der Waals surface area contributed by atoms with E-state index in [1.54, 1.807) is 24.3 Å². The minimum Gasteiger partial charge on any atom is -0.208 e. The van der Waals surface area contributed by atoms with E-state index in [2.05, 4.69) is 10.8 Å². The molecule has 0 aliphatic heterocycles. The topological polar surface area (TPSA) is 70.0 Å². The second kappa shape index (κ2) is 10.9. The Morgan fingerprint density at radius 2 is 1.54 bits per heavy atom. The predicted octanol–water partition coefficient (Wildman–Crippen LogP) is 6.57. The lowest BCUT2D eigenvalue weighted by molar-refractivity contribution is 0.503. The Bertz CT molecular complexity index is 1450. The van der Waals surface area contributed by atoms with Crippen molar-refractivity contribution in [1.82, 2.24) is 4.72 Å². The van der Waals surface area contributed by atoms with Crippen LogP contribution in [0.5, 0.6) is 0 Å². The van der Waals surface area contributed by atoms with Crippen LogP contribution in [0.25, 0.3) is 11.1 Å². The lowest BCUT2D eigenvalue weighted by atomic mass is 9.86. The third-order valence-corrected chi connectivity index (χ3v) is 7.82. The van der Waals surface area contributed by atoms with E-state index in [1.165, 1.54) is 0 Å². The lowest BCUT2D eigenvalue weighted by Gasteiger charge is -2.26. The van der Waals surface area contributed by atoms with Crippen LogP contribution in [0, 0.1) is 11.3 Å². The number of benzene rings is 4. The van der Waals surface area contributed by atoms with Gasteiger partial charge in [-0.1, -0.05) is 78.3 Å². The van der Waals surface area contributed by atoms with Crippen molar-refractivity contribution < 1.29 is 8.42 Å². The summed E-state index contributed by atoms with van der Waals surface area (Å²) in [4.78, 5) is 0.210. The van der Waals surface area contributed by atoms with E-state index in [9.17, 15) is 13.7 Å². The first-order valence-electron chi connectivity index (χ1n) is 11.3. The quantitative estimate of drug-likeness (QED) is 0.297. The molecular weight excluding hydrogens is 476 g/mol. The number of halogens is 1. The Kier molecular flexibility index (Phi) is 7.67. The smallest absolute Gasteiger partial charge is 0.208 e. The van der Waals surface area contributed by atoms with Gasteiger partial charge in [0.2, 0.25) is 10.0 Å².